The van der Waals surface area contributed by atoms with Crippen molar-refractivity contribution in [3.05, 3.63) is 29.8 Å². The maximum Gasteiger partial charge on any atom is 0.418 e. The maximum atomic E-state index is 13.0. The highest BCUT2D eigenvalue weighted by molar-refractivity contribution is 5.90. The van der Waals surface area contributed by atoms with Crippen molar-refractivity contribution in [2.45, 2.75) is 33.9 Å². The average Bonchev–Trinajstić information content (AvgIpc) is 2.36. The van der Waals surface area contributed by atoms with E-state index in [2.05, 4.69) is 5.32 Å². The van der Waals surface area contributed by atoms with E-state index >= 15 is 0 Å². The summed E-state index contributed by atoms with van der Waals surface area (Å²) in [6.45, 7) is 8.85. The monoisotopic (exact) mass is 316 g/mol. The molecular weight excluding hydrogens is 293 g/mol. The van der Waals surface area contributed by atoms with Gasteiger partial charge in [-0.15, -0.1) is 0 Å². The zero-order valence-electron chi connectivity index (χ0n) is 13.4. The molecule has 1 N–H and O–H groups in total. The number of hydrogen-bond donors (Lipinski definition) is 1. The molecule has 0 aliphatic carbocycles. The highest BCUT2D eigenvalue weighted by atomic mass is 19.4. The van der Waals surface area contributed by atoms with Crippen LogP contribution in [0.25, 0.3) is 0 Å². The van der Waals surface area contributed by atoms with Gasteiger partial charge in [-0.05, 0) is 24.0 Å². The lowest BCUT2D eigenvalue weighted by Gasteiger charge is -2.27. The largest absolute Gasteiger partial charge is 0.418 e. The molecule has 1 rings (SSSR count). The van der Waals surface area contributed by atoms with Gasteiger partial charge in [-0.2, -0.15) is 13.2 Å². The Hall–Kier alpha value is -1.72. The zero-order valence-corrected chi connectivity index (χ0v) is 13.4. The Balaban J connectivity index is 2.94. The van der Waals surface area contributed by atoms with E-state index in [9.17, 15) is 18.0 Å². The van der Waals surface area contributed by atoms with Crippen LogP contribution in [0.5, 0.6) is 0 Å². The standard InChI is InChI=1S/C16H23F3N2O/c1-11(2)9-21(10-12(3)4)15(22)20-14-8-6-5-7-13(14)16(17,18)19/h5-8,11-12H,9-10H2,1-4H3,(H,20,22). The topological polar surface area (TPSA) is 32.3 Å². The quantitative estimate of drug-likeness (QED) is 0.827. The number of benzene rings is 1. The van der Waals surface area contributed by atoms with Crippen molar-refractivity contribution in [3.63, 3.8) is 0 Å². The Bertz CT molecular complexity index is 488. The van der Waals surface area contributed by atoms with Crippen LogP contribution in [0.2, 0.25) is 0 Å². The molecule has 0 fully saturated rings. The molecule has 1 aromatic carbocycles. The lowest BCUT2D eigenvalue weighted by Crippen LogP contribution is -2.40. The van der Waals surface area contributed by atoms with Gasteiger partial charge < -0.3 is 10.2 Å². The second kappa shape index (κ2) is 7.51. The van der Waals surface area contributed by atoms with Crippen LogP contribution < -0.4 is 5.32 Å². The van der Waals surface area contributed by atoms with Crippen LogP contribution in [-0.2, 0) is 6.18 Å². The van der Waals surface area contributed by atoms with Gasteiger partial charge in [0.05, 0.1) is 11.3 Å². The van der Waals surface area contributed by atoms with Crippen molar-refractivity contribution in [2.24, 2.45) is 11.8 Å². The molecule has 0 saturated carbocycles. The molecule has 0 aliphatic rings. The van der Waals surface area contributed by atoms with Crippen LogP contribution >= 0.6 is 0 Å². The fourth-order valence-electron chi connectivity index (χ4n) is 2.16. The van der Waals surface area contributed by atoms with Gasteiger partial charge in [0.25, 0.3) is 0 Å². The van der Waals surface area contributed by atoms with Crippen molar-refractivity contribution >= 4 is 11.7 Å². The number of rotatable bonds is 5. The summed E-state index contributed by atoms with van der Waals surface area (Å²) in [4.78, 5) is 13.9. The normalized spacial score (nSPS) is 11.9. The Morgan fingerprint density at radius 1 is 1.09 bits per heavy atom. The number of hydrogen-bond acceptors (Lipinski definition) is 1. The van der Waals surface area contributed by atoms with E-state index < -0.39 is 17.8 Å². The first-order chi connectivity index (χ1) is 10.1. The predicted octanol–water partition coefficient (Wildman–Crippen LogP) is 4.85. The molecule has 0 aliphatic heterocycles. The van der Waals surface area contributed by atoms with E-state index in [1.165, 1.54) is 18.2 Å². The van der Waals surface area contributed by atoms with E-state index in [1.807, 2.05) is 27.7 Å². The second-order valence-electron chi connectivity index (χ2n) is 6.17. The summed E-state index contributed by atoms with van der Waals surface area (Å²) in [6, 6.07) is 4.51. The number of carbonyl (C=O) groups is 1. The SMILES string of the molecule is CC(C)CN(CC(C)C)C(=O)Nc1ccccc1C(F)(F)F. The summed E-state index contributed by atoms with van der Waals surface area (Å²) in [6.07, 6.45) is -4.50. The molecule has 0 spiro atoms. The summed E-state index contributed by atoms with van der Waals surface area (Å²) in [7, 11) is 0. The van der Waals surface area contributed by atoms with Gasteiger partial charge in [0.2, 0.25) is 0 Å². The van der Waals surface area contributed by atoms with Crippen molar-refractivity contribution in [1.29, 1.82) is 0 Å². The van der Waals surface area contributed by atoms with Crippen molar-refractivity contribution in [1.82, 2.24) is 4.90 Å². The molecule has 0 aromatic heterocycles. The molecule has 0 radical (unpaired) electrons. The van der Waals surface area contributed by atoms with Gasteiger partial charge in [0.15, 0.2) is 0 Å². The van der Waals surface area contributed by atoms with Crippen molar-refractivity contribution < 1.29 is 18.0 Å². The van der Waals surface area contributed by atoms with E-state index in [4.69, 9.17) is 0 Å². The molecule has 0 heterocycles. The number of urea groups is 1. The third kappa shape index (κ3) is 5.58. The summed E-state index contributed by atoms with van der Waals surface area (Å²) in [5.74, 6) is 0.477. The smallest absolute Gasteiger partial charge is 0.324 e. The molecule has 0 bridgehead atoms. The highest BCUT2D eigenvalue weighted by Crippen LogP contribution is 2.34. The Labute approximate surface area is 129 Å². The Morgan fingerprint density at radius 3 is 2.05 bits per heavy atom. The van der Waals surface area contributed by atoms with Crippen molar-refractivity contribution in [2.75, 3.05) is 18.4 Å². The Kier molecular flexibility index (Phi) is 6.26. The number of para-hydroxylation sites is 1. The fraction of sp³-hybridized carbons (Fsp3) is 0.562. The van der Waals surface area contributed by atoms with Gasteiger partial charge in [-0.3, -0.25) is 0 Å². The van der Waals surface area contributed by atoms with Crippen LogP contribution in [0.3, 0.4) is 0 Å². The number of anilines is 1. The highest BCUT2D eigenvalue weighted by Gasteiger charge is 2.34. The van der Waals surface area contributed by atoms with Crippen LogP contribution in [0, 0.1) is 11.8 Å². The van der Waals surface area contributed by atoms with E-state index in [0.29, 0.717) is 13.1 Å². The second-order valence-corrected chi connectivity index (χ2v) is 6.17. The fourth-order valence-corrected chi connectivity index (χ4v) is 2.16. The molecule has 0 saturated heterocycles. The van der Waals surface area contributed by atoms with Crippen molar-refractivity contribution in [3.8, 4) is 0 Å². The average molecular weight is 316 g/mol. The molecule has 3 nitrogen and oxygen atoms in total. The summed E-state index contributed by atoms with van der Waals surface area (Å²) >= 11 is 0. The molecule has 6 heteroatoms. The minimum Gasteiger partial charge on any atom is -0.324 e. The summed E-state index contributed by atoms with van der Waals surface area (Å²) in [5, 5.41) is 2.39. The predicted molar refractivity (Wildman–Crippen MR) is 81.7 cm³/mol. The van der Waals surface area contributed by atoms with Gasteiger partial charge >= 0.3 is 12.2 Å². The summed E-state index contributed by atoms with van der Waals surface area (Å²) in [5.41, 5.74) is -1.05. The summed E-state index contributed by atoms with van der Waals surface area (Å²) < 4.78 is 38.9. The molecule has 0 atom stereocenters. The van der Waals surface area contributed by atoms with E-state index in [1.54, 1.807) is 4.90 Å². The number of halogens is 3. The molecule has 22 heavy (non-hydrogen) atoms. The van der Waals surface area contributed by atoms with E-state index in [0.717, 1.165) is 6.07 Å². The minimum absolute atomic E-state index is 0.211. The first kappa shape index (κ1) is 18.3. The van der Waals surface area contributed by atoms with Gasteiger partial charge in [0, 0.05) is 13.1 Å². The van der Waals surface area contributed by atoms with Gasteiger partial charge in [-0.25, -0.2) is 4.79 Å². The number of alkyl halides is 3. The molecule has 0 unspecified atom stereocenters. The number of amides is 2. The van der Waals surface area contributed by atoms with Gasteiger partial charge in [-0.1, -0.05) is 39.8 Å². The first-order valence-electron chi connectivity index (χ1n) is 7.33. The minimum atomic E-state index is -4.50. The lowest BCUT2D eigenvalue weighted by atomic mass is 10.1. The van der Waals surface area contributed by atoms with Crippen LogP contribution in [0.1, 0.15) is 33.3 Å². The Morgan fingerprint density at radius 2 is 1.59 bits per heavy atom. The molecule has 2 amide bonds. The molecule has 1 aromatic rings. The zero-order chi connectivity index (χ0) is 16.9. The number of carbonyl (C=O) groups excluding carboxylic acids is 1. The van der Waals surface area contributed by atoms with E-state index in [-0.39, 0.29) is 17.5 Å². The number of nitrogens with zero attached hydrogens (tertiary/aromatic N) is 1. The van der Waals surface area contributed by atoms with Crippen LogP contribution in [0.4, 0.5) is 23.7 Å². The van der Waals surface area contributed by atoms with Gasteiger partial charge in [0.1, 0.15) is 0 Å². The molecule has 124 valence electrons. The first-order valence-corrected chi connectivity index (χ1v) is 7.33. The van der Waals surface area contributed by atoms with Crippen LogP contribution in [-0.4, -0.2) is 24.0 Å². The van der Waals surface area contributed by atoms with Crippen LogP contribution in [0.15, 0.2) is 24.3 Å². The third-order valence-electron chi connectivity index (χ3n) is 2.93. The maximum absolute atomic E-state index is 13.0. The molecular formula is C16H23F3N2O. The number of nitrogens with one attached hydrogen (secondary N) is 1. The lowest BCUT2D eigenvalue weighted by molar-refractivity contribution is -0.136. The third-order valence-corrected chi connectivity index (χ3v) is 2.93.